The minimum absolute atomic E-state index is 0.121. The summed E-state index contributed by atoms with van der Waals surface area (Å²) in [5.41, 5.74) is 4.02. The van der Waals surface area contributed by atoms with Crippen LogP contribution in [0.25, 0.3) is 21.8 Å². The second-order valence-corrected chi connectivity index (χ2v) is 7.86. The number of carbonyl (C=O) groups excluding carboxylic acids is 1. The molecule has 0 saturated heterocycles. The van der Waals surface area contributed by atoms with Gasteiger partial charge in [0.1, 0.15) is 5.75 Å². The maximum absolute atomic E-state index is 13.3. The number of nitrogens with one attached hydrogen (secondary N) is 1. The van der Waals surface area contributed by atoms with Crippen LogP contribution in [-0.2, 0) is 11.3 Å². The van der Waals surface area contributed by atoms with Gasteiger partial charge in [-0.3, -0.25) is 4.98 Å². The summed E-state index contributed by atoms with van der Waals surface area (Å²) in [4.78, 5) is 17.9. The highest BCUT2D eigenvalue weighted by atomic mass is 19.4. The summed E-state index contributed by atoms with van der Waals surface area (Å²) in [6, 6.07) is 10.5. The van der Waals surface area contributed by atoms with Crippen molar-refractivity contribution in [3.05, 3.63) is 65.0 Å². The molecule has 1 atom stereocenters. The normalized spacial score (nSPS) is 16.1. The first kappa shape index (κ1) is 21.2. The van der Waals surface area contributed by atoms with Gasteiger partial charge in [0.25, 0.3) is 0 Å². The number of halogens is 3. The Morgan fingerprint density at radius 1 is 1.18 bits per heavy atom. The Kier molecular flexibility index (Phi) is 4.97. The van der Waals surface area contributed by atoms with Gasteiger partial charge >= 0.3 is 12.4 Å². The van der Waals surface area contributed by atoms with E-state index in [-0.39, 0.29) is 19.0 Å². The number of aromatic nitrogens is 3. The number of para-hydroxylation sites is 1. The highest BCUT2D eigenvalue weighted by Gasteiger charge is 2.32. The van der Waals surface area contributed by atoms with Crippen LogP contribution in [0.15, 0.2) is 42.5 Å². The van der Waals surface area contributed by atoms with Crippen LogP contribution in [-0.4, -0.2) is 33.8 Å². The zero-order chi connectivity index (χ0) is 23.3. The van der Waals surface area contributed by atoms with Gasteiger partial charge in [0.15, 0.2) is 0 Å². The predicted molar refractivity (Wildman–Crippen MR) is 114 cm³/mol. The van der Waals surface area contributed by atoms with Crippen LogP contribution in [0.1, 0.15) is 28.6 Å². The summed E-state index contributed by atoms with van der Waals surface area (Å²) in [5.74, 6) is -0.333. The van der Waals surface area contributed by atoms with Gasteiger partial charge in [0.05, 0.1) is 36.0 Å². The fourth-order valence-corrected chi connectivity index (χ4v) is 4.31. The third kappa shape index (κ3) is 3.86. The van der Waals surface area contributed by atoms with Crippen molar-refractivity contribution in [1.29, 1.82) is 0 Å². The Morgan fingerprint density at radius 2 is 1.97 bits per heavy atom. The number of alkyl halides is 3. The van der Waals surface area contributed by atoms with Crippen molar-refractivity contribution in [1.82, 2.24) is 20.1 Å². The van der Waals surface area contributed by atoms with Gasteiger partial charge in [0, 0.05) is 16.5 Å². The van der Waals surface area contributed by atoms with Gasteiger partial charge in [-0.25, -0.2) is 4.79 Å². The average molecular weight is 456 g/mol. The molecular weight excluding hydrogens is 437 g/mol. The Bertz CT molecular complexity index is 1400. The third-order valence-electron chi connectivity index (χ3n) is 5.63. The van der Waals surface area contributed by atoms with E-state index in [1.54, 1.807) is 0 Å². The lowest BCUT2D eigenvalue weighted by atomic mass is 9.99. The van der Waals surface area contributed by atoms with Crippen LogP contribution >= 0.6 is 0 Å². The summed E-state index contributed by atoms with van der Waals surface area (Å²) < 4.78 is 48.5. The molecule has 2 aromatic carbocycles. The summed E-state index contributed by atoms with van der Waals surface area (Å²) in [7, 11) is 0. The SMILES string of the molecule is Cc1nc2ccccc2c2c1c(C)nn2C(=O)N[C@H]1COCc2cc(OC(F)(F)F)ccc21. The molecule has 4 aromatic rings. The van der Waals surface area contributed by atoms with E-state index in [4.69, 9.17) is 4.74 Å². The molecule has 33 heavy (non-hydrogen) atoms. The van der Waals surface area contributed by atoms with Crippen LogP contribution in [0.4, 0.5) is 18.0 Å². The van der Waals surface area contributed by atoms with E-state index in [1.165, 1.54) is 22.9 Å². The van der Waals surface area contributed by atoms with E-state index in [9.17, 15) is 18.0 Å². The lowest BCUT2D eigenvalue weighted by Gasteiger charge is -2.27. The molecule has 2 aromatic heterocycles. The molecule has 5 rings (SSSR count). The van der Waals surface area contributed by atoms with E-state index in [0.29, 0.717) is 22.3 Å². The summed E-state index contributed by atoms with van der Waals surface area (Å²) in [5, 5.41) is 8.96. The lowest BCUT2D eigenvalue weighted by molar-refractivity contribution is -0.274. The molecule has 0 aliphatic carbocycles. The molecule has 10 heteroatoms. The zero-order valence-electron chi connectivity index (χ0n) is 17.7. The first-order chi connectivity index (χ1) is 15.7. The number of nitrogens with zero attached hydrogens (tertiary/aromatic N) is 3. The van der Waals surface area contributed by atoms with Crippen molar-refractivity contribution in [2.45, 2.75) is 32.9 Å². The van der Waals surface area contributed by atoms with E-state index >= 15 is 0 Å². The zero-order valence-corrected chi connectivity index (χ0v) is 17.7. The van der Waals surface area contributed by atoms with Crippen LogP contribution in [0.5, 0.6) is 5.75 Å². The molecule has 1 amide bonds. The number of rotatable bonds is 2. The van der Waals surface area contributed by atoms with Gasteiger partial charge in [0.2, 0.25) is 0 Å². The van der Waals surface area contributed by atoms with Crippen molar-refractivity contribution in [2.75, 3.05) is 6.61 Å². The van der Waals surface area contributed by atoms with Gasteiger partial charge < -0.3 is 14.8 Å². The molecule has 3 heterocycles. The van der Waals surface area contributed by atoms with E-state index in [2.05, 4.69) is 20.1 Å². The van der Waals surface area contributed by atoms with E-state index in [0.717, 1.165) is 22.0 Å². The number of pyridine rings is 1. The second kappa shape index (κ2) is 7.73. The van der Waals surface area contributed by atoms with Crippen LogP contribution in [0.3, 0.4) is 0 Å². The molecule has 170 valence electrons. The number of hydrogen-bond acceptors (Lipinski definition) is 5. The number of aryl methyl sites for hydroxylation is 2. The second-order valence-electron chi connectivity index (χ2n) is 7.86. The summed E-state index contributed by atoms with van der Waals surface area (Å²) >= 11 is 0. The number of ether oxygens (including phenoxy) is 2. The Balaban J connectivity index is 1.50. The molecule has 0 bridgehead atoms. The summed E-state index contributed by atoms with van der Waals surface area (Å²) in [6.45, 7) is 3.99. The minimum Gasteiger partial charge on any atom is -0.406 e. The molecule has 1 aliphatic rings. The molecule has 0 unspecified atom stereocenters. The van der Waals surface area contributed by atoms with Crippen LogP contribution < -0.4 is 10.1 Å². The predicted octanol–water partition coefficient (Wildman–Crippen LogP) is 4.93. The Morgan fingerprint density at radius 3 is 2.76 bits per heavy atom. The van der Waals surface area contributed by atoms with Crippen molar-refractivity contribution < 1.29 is 27.4 Å². The first-order valence-electron chi connectivity index (χ1n) is 10.2. The molecule has 7 nitrogen and oxygen atoms in total. The molecular formula is C23H19F3N4O3. The lowest BCUT2D eigenvalue weighted by Crippen LogP contribution is -2.37. The number of amides is 1. The molecule has 0 radical (unpaired) electrons. The molecule has 0 saturated carbocycles. The Hall–Kier alpha value is -3.66. The van der Waals surface area contributed by atoms with Crippen LogP contribution in [0, 0.1) is 13.8 Å². The smallest absolute Gasteiger partial charge is 0.406 e. The standard InChI is InChI=1S/C23H19F3N4O3/c1-12-20-13(2)29-30(21(20)17-5-3-4-6-18(17)27-12)22(31)28-19-11-32-10-14-9-15(7-8-16(14)19)33-23(24,25)26/h3-9,19H,10-11H2,1-2H3,(H,28,31)/t19-/m0/s1. The van der Waals surface area contributed by atoms with Crippen molar-refractivity contribution in [3.63, 3.8) is 0 Å². The minimum atomic E-state index is -4.79. The molecule has 1 N–H and O–H groups in total. The Labute approximate surface area is 186 Å². The number of benzene rings is 2. The third-order valence-corrected chi connectivity index (χ3v) is 5.63. The molecule has 1 aliphatic heterocycles. The number of fused-ring (bicyclic) bond motifs is 4. The van der Waals surface area contributed by atoms with Crippen LogP contribution in [0.2, 0.25) is 0 Å². The number of hydrogen-bond donors (Lipinski definition) is 1. The largest absolute Gasteiger partial charge is 0.573 e. The van der Waals surface area contributed by atoms with Gasteiger partial charge in [-0.15, -0.1) is 13.2 Å². The molecule has 0 fully saturated rings. The fourth-order valence-electron chi connectivity index (χ4n) is 4.31. The number of carbonyl (C=O) groups is 1. The van der Waals surface area contributed by atoms with Crippen molar-refractivity contribution in [2.24, 2.45) is 0 Å². The van der Waals surface area contributed by atoms with E-state index in [1.807, 2.05) is 38.1 Å². The van der Waals surface area contributed by atoms with E-state index < -0.39 is 18.4 Å². The van der Waals surface area contributed by atoms with Crippen molar-refractivity contribution in [3.8, 4) is 5.75 Å². The average Bonchev–Trinajstić information content (AvgIpc) is 3.11. The summed E-state index contributed by atoms with van der Waals surface area (Å²) in [6.07, 6.45) is -4.79. The molecule has 0 spiro atoms. The maximum atomic E-state index is 13.3. The maximum Gasteiger partial charge on any atom is 0.573 e. The van der Waals surface area contributed by atoms with Gasteiger partial charge in [-0.2, -0.15) is 9.78 Å². The highest BCUT2D eigenvalue weighted by molar-refractivity contribution is 6.08. The monoisotopic (exact) mass is 456 g/mol. The topological polar surface area (TPSA) is 78.3 Å². The first-order valence-corrected chi connectivity index (χ1v) is 10.2. The quantitative estimate of drug-likeness (QED) is 0.463. The highest BCUT2D eigenvalue weighted by Crippen LogP contribution is 2.32. The fraction of sp³-hybridized carbons (Fsp3) is 0.261. The van der Waals surface area contributed by atoms with Gasteiger partial charge in [-0.05, 0) is 43.2 Å². The van der Waals surface area contributed by atoms with Crippen molar-refractivity contribution >= 4 is 27.8 Å². The van der Waals surface area contributed by atoms with Gasteiger partial charge in [-0.1, -0.05) is 24.3 Å².